The van der Waals surface area contributed by atoms with E-state index in [0.717, 1.165) is 29.7 Å². The van der Waals surface area contributed by atoms with Crippen LogP contribution in [0.3, 0.4) is 0 Å². The summed E-state index contributed by atoms with van der Waals surface area (Å²) >= 11 is 0. The normalized spacial score (nSPS) is 28.3. The minimum absolute atomic E-state index is 0.0578. The van der Waals surface area contributed by atoms with Crippen molar-refractivity contribution in [2.75, 3.05) is 0 Å². The van der Waals surface area contributed by atoms with Gasteiger partial charge in [0.05, 0.1) is 11.8 Å². The zero-order valence-corrected chi connectivity index (χ0v) is 15.9. The van der Waals surface area contributed by atoms with Gasteiger partial charge in [-0.1, -0.05) is 38.3 Å². The average Bonchev–Trinajstić information content (AvgIpc) is 3.04. The third kappa shape index (κ3) is 3.15. The van der Waals surface area contributed by atoms with Crippen molar-refractivity contribution in [1.29, 1.82) is 0 Å². The van der Waals surface area contributed by atoms with Gasteiger partial charge in [-0.2, -0.15) is 0 Å². The number of benzene rings is 1. The lowest BCUT2D eigenvalue weighted by Gasteiger charge is -2.30. The molecule has 1 aliphatic heterocycles. The maximum atomic E-state index is 13.9. The summed E-state index contributed by atoms with van der Waals surface area (Å²) < 4.78 is 13.9. The van der Waals surface area contributed by atoms with Gasteiger partial charge >= 0.3 is 0 Å². The van der Waals surface area contributed by atoms with Crippen LogP contribution in [0.2, 0.25) is 0 Å². The Morgan fingerprint density at radius 1 is 1.22 bits per heavy atom. The maximum Gasteiger partial charge on any atom is 0.137 e. The quantitative estimate of drug-likeness (QED) is 0.818. The Bertz CT molecular complexity index is 861. The van der Waals surface area contributed by atoms with Crippen LogP contribution >= 0.6 is 0 Å². The van der Waals surface area contributed by atoms with Crippen LogP contribution < -0.4 is 0 Å². The molecule has 1 fully saturated rings. The van der Waals surface area contributed by atoms with Crippen molar-refractivity contribution in [3.63, 3.8) is 0 Å². The van der Waals surface area contributed by atoms with Gasteiger partial charge < -0.3 is 5.11 Å². The fourth-order valence-corrected chi connectivity index (χ4v) is 4.98. The highest BCUT2D eigenvalue weighted by Crippen LogP contribution is 2.44. The lowest BCUT2D eigenvalue weighted by atomic mass is 9.73. The molecule has 3 unspecified atom stereocenters. The topological polar surface area (TPSA) is 49.7 Å². The molecule has 3 atom stereocenters. The molecule has 3 nitrogen and oxygen atoms in total. The third-order valence-corrected chi connectivity index (χ3v) is 6.40. The first kappa shape index (κ1) is 18.1. The van der Waals surface area contributed by atoms with Crippen molar-refractivity contribution in [1.82, 2.24) is 0 Å². The van der Waals surface area contributed by atoms with E-state index in [1.54, 1.807) is 6.92 Å². The number of allylic oxidation sites excluding steroid dienone is 2. The first-order chi connectivity index (χ1) is 13.0. The minimum atomic E-state index is -0.376. The molecule has 0 spiro atoms. The summed E-state index contributed by atoms with van der Waals surface area (Å²) in [6.07, 6.45) is 9.88. The van der Waals surface area contributed by atoms with Crippen molar-refractivity contribution in [3.8, 4) is 5.75 Å². The molecule has 0 bridgehead atoms. The van der Waals surface area contributed by atoms with Crippen molar-refractivity contribution < 1.29 is 14.3 Å². The molecule has 0 saturated heterocycles. The molecule has 3 aliphatic rings. The number of hydrogen-bond donors (Lipinski definition) is 1. The Kier molecular flexibility index (Phi) is 4.75. The molecule has 4 rings (SSSR count). The van der Waals surface area contributed by atoms with E-state index in [1.807, 2.05) is 6.08 Å². The van der Waals surface area contributed by atoms with E-state index in [0.29, 0.717) is 11.5 Å². The number of carbonyl (C=O) groups excluding carboxylic acids is 1. The van der Waals surface area contributed by atoms with Crippen LogP contribution in [0.4, 0.5) is 4.39 Å². The summed E-state index contributed by atoms with van der Waals surface area (Å²) in [5.41, 5.74) is 3.51. The number of fused-ring (bicyclic) bond motifs is 1. The van der Waals surface area contributed by atoms with E-state index >= 15 is 0 Å². The number of rotatable bonds is 3. The second kappa shape index (κ2) is 7.06. The van der Waals surface area contributed by atoms with Crippen LogP contribution in [-0.2, 0) is 4.79 Å². The van der Waals surface area contributed by atoms with E-state index in [1.165, 1.54) is 37.5 Å². The molecule has 1 aromatic carbocycles. The van der Waals surface area contributed by atoms with Crippen LogP contribution in [-0.4, -0.2) is 22.6 Å². The lowest BCUT2D eigenvalue weighted by molar-refractivity contribution is -0.120. The van der Waals surface area contributed by atoms with E-state index in [9.17, 15) is 14.3 Å². The van der Waals surface area contributed by atoms with Crippen molar-refractivity contribution in [2.45, 2.75) is 52.0 Å². The highest BCUT2D eigenvalue weighted by Gasteiger charge is 2.40. The molecular weight excluding hydrogens is 341 g/mol. The number of halogens is 1. The van der Waals surface area contributed by atoms with Gasteiger partial charge in [-0.3, -0.25) is 9.79 Å². The molecule has 2 aliphatic carbocycles. The van der Waals surface area contributed by atoms with E-state index < -0.39 is 0 Å². The van der Waals surface area contributed by atoms with E-state index in [4.69, 9.17) is 4.99 Å². The monoisotopic (exact) mass is 367 g/mol. The number of aliphatic imine (C=N–C) groups is 1. The van der Waals surface area contributed by atoms with Crippen LogP contribution in [0.1, 0.15) is 51.5 Å². The van der Waals surface area contributed by atoms with Crippen LogP contribution in [0.5, 0.6) is 5.75 Å². The molecule has 1 saturated carbocycles. The Hall–Kier alpha value is -2.23. The van der Waals surface area contributed by atoms with E-state index in [-0.39, 0.29) is 35.2 Å². The van der Waals surface area contributed by atoms with Crippen LogP contribution in [0, 0.1) is 23.6 Å². The molecular formula is C23H26FNO2. The molecule has 0 radical (unpaired) electrons. The number of phenols is 1. The Morgan fingerprint density at radius 3 is 2.67 bits per heavy atom. The lowest BCUT2D eigenvalue weighted by Crippen LogP contribution is -2.31. The second-order valence-corrected chi connectivity index (χ2v) is 8.14. The van der Waals surface area contributed by atoms with Gasteiger partial charge in [-0.15, -0.1) is 0 Å². The Labute approximate surface area is 159 Å². The maximum absolute atomic E-state index is 13.9. The number of nitrogens with zero attached hydrogens (tertiary/aromatic N) is 1. The molecule has 1 N–H and O–H groups in total. The predicted molar refractivity (Wildman–Crippen MR) is 104 cm³/mol. The highest BCUT2D eigenvalue weighted by atomic mass is 19.1. The molecule has 27 heavy (non-hydrogen) atoms. The van der Waals surface area contributed by atoms with Gasteiger partial charge in [0.2, 0.25) is 0 Å². The van der Waals surface area contributed by atoms with Gasteiger partial charge in [0.1, 0.15) is 17.3 Å². The molecule has 142 valence electrons. The van der Waals surface area contributed by atoms with Gasteiger partial charge in [0.25, 0.3) is 0 Å². The molecule has 1 heterocycles. The zero-order valence-electron chi connectivity index (χ0n) is 15.9. The first-order valence-electron chi connectivity index (χ1n) is 9.97. The van der Waals surface area contributed by atoms with Crippen molar-refractivity contribution >= 4 is 11.5 Å². The van der Waals surface area contributed by atoms with Gasteiger partial charge in [-0.05, 0) is 60.9 Å². The summed E-state index contributed by atoms with van der Waals surface area (Å²) in [6.45, 7) is 3.69. The summed E-state index contributed by atoms with van der Waals surface area (Å²) in [7, 11) is 0. The zero-order chi connectivity index (χ0) is 19.1. The fourth-order valence-electron chi connectivity index (χ4n) is 4.98. The number of aromatic hydroxyl groups is 1. The van der Waals surface area contributed by atoms with Gasteiger partial charge in [0.15, 0.2) is 0 Å². The average molecular weight is 367 g/mol. The second-order valence-electron chi connectivity index (χ2n) is 8.14. The Morgan fingerprint density at radius 2 is 1.96 bits per heavy atom. The molecule has 0 aromatic heterocycles. The number of carbonyl (C=O) groups is 1. The van der Waals surface area contributed by atoms with Gasteiger partial charge in [0, 0.05) is 11.5 Å². The van der Waals surface area contributed by atoms with Crippen LogP contribution in [0.15, 0.2) is 46.5 Å². The summed E-state index contributed by atoms with van der Waals surface area (Å²) in [5.74, 6) is 0.131. The molecule has 1 aromatic rings. The van der Waals surface area contributed by atoms with Gasteiger partial charge in [-0.25, -0.2) is 4.39 Å². The summed E-state index contributed by atoms with van der Waals surface area (Å²) in [4.78, 5) is 17.0. The van der Waals surface area contributed by atoms with Crippen molar-refractivity contribution in [3.05, 3.63) is 52.9 Å². The smallest absolute Gasteiger partial charge is 0.137 e. The SMILES string of the molecule is CC(=O)C1C=CC2=C(C3CCCCC3)C(c3cc(F)ccc3O)=NC2C1C. The first-order valence-corrected chi connectivity index (χ1v) is 9.97. The standard InChI is InChI=1S/C23H26FNO2/c1-13-17(14(2)26)9-10-18-21(15-6-4-3-5-7-15)23(25-22(13)18)19-12-16(24)8-11-20(19)27/h8-13,15,17,22,27H,3-7H2,1-2H3. The highest BCUT2D eigenvalue weighted by molar-refractivity contribution is 6.17. The van der Waals surface area contributed by atoms with Crippen LogP contribution in [0.25, 0.3) is 0 Å². The fraction of sp³-hybridized carbons (Fsp3) is 0.478. The summed E-state index contributed by atoms with van der Waals surface area (Å²) in [6, 6.07) is 3.95. The third-order valence-electron chi connectivity index (χ3n) is 6.40. The van der Waals surface area contributed by atoms with E-state index in [2.05, 4.69) is 13.0 Å². The molecule has 0 amide bonds. The van der Waals surface area contributed by atoms with Crippen molar-refractivity contribution in [2.24, 2.45) is 22.7 Å². The largest absolute Gasteiger partial charge is 0.507 e. The Balaban J connectivity index is 1.85. The number of Topliss-reactive ketones (excluding diaryl/α,β-unsaturated/α-hetero) is 1. The molecule has 4 heteroatoms. The minimum Gasteiger partial charge on any atom is -0.507 e. The number of ketones is 1. The number of hydrogen-bond acceptors (Lipinski definition) is 3. The number of phenolic OH excluding ortho intramolecular Hbond substituents is 1. The summed E-state index contributed by atoms with van der Waals surface area (Å²) in [5, 5.41) is 10.4. The predicted octanol–water partition coefficient (Wildman–Crippen LogP) is 4.99.